The van der Waals surface area contributed by atoms with Gasteiger partial charge in [-0.25, -0.2) is 4.79 Å². The van der Waals surface area contributed by atoms with Crippen molar-refractivity contribution >= 4 is 17.5 Å². The van der Waals surface area contributed by atoms with E-state index in [2.05, 4.69) is 15.5 Å². The van der Waals surface area contributed by atoms with Crippen molar-refractivity contribution in [1.29, 1.82) is 0 Å². The first-order chi connectivity index (χ1) is 8.69. The number of nitrogens with zero attached hydrogens (tertiary/aromatic N) is 2. The average molecular weight is 245 g/mol. The summed E-state index contributed by atoms with van der Waals surface area (Å²) in [6.07, 6.45) is 0. The second-order valence-electron chi connectivity index (χ2n) is 3.47. The number of hydrogen-bond acceptors (Lipinski definition) is 5. The van der Waals surface area contributed by atoms with E-state index in [1.54, 1.807) is 19.2 Å². The Morgan fingerprint density at radius 2 is 2.11 bits per heavy atom. The fraction of sp³-hybridized carbons (Fsp3) is 0.0833. The number of carbonyl (C=O) groups is 1. The van der Waals surface area contributed by atoms with Crippen LogP contribution in [0.5, 0.6) is 5.75 Å². The highest BCUT2D eigenvalue weighted by Gasteiger charge is 2.05. The van der Waals surface area contributed by atoms with E-state index in [1.165, 1.54) is 6.07 Å². The summed E-state index contributed by atoms with van der Waals surface area (Å²) < 4.78 is 5.09. The Kier molecular flexibility index (Phi) is 3.38. The number of ether oxygens (including phenoxy) is 1. The van der Waals surface area contributed by atoms with Gasteiger partial charge in [0.15, 0.2) is 11.5 Å². The molecule has 0 atom stereocenters. The third-order valence-electron chi connectivity index (χ3n) is 2.23. The van der Waals surface area contributed by atoms with Gasteiger partial charge in [0.25, 0.3) is 0 Å². The van der Waals surface area contributed by atoms with Gasteiger partial charge in [0.2, 0.25) is 0 Å². The number of methoxy groups -OCH3 is 1. The van der Waals surface area contributed by atoms with Crippen molar-refractivity contribution in [1.82, 2.24) is 10.2 Å². The maximum Gasteiger partial charge on any atom is 0.356 e. The van der Waals surface area contributed by atoms with Crippen LogP contribution < -0.4 is 10.1 Å². The highest BCUT2D eigenvalue weighted by atomic mass is 16.5. The lowest BCUT2D eigenvalue weighted by molar-refractivity contribution is 0.0689. The summed E-state index contributed by atoms with van der Waals surface area (Å²) in [5.41, 5.74) is 0.693. The number of rotatable bonds is 4. The lowest BCUT2D eigenvalue weighted by Crippen LogP contribution is -2.03. The van der Waals surface area contributed by atoms with E-state index >= 15 is 0 Å². The Hall–Kier alpha value is -2.63. The van der Waals surface area contributed by atoms with E-state index < -0.39 is 5.97 Å². The van der Waals surface area contributed by atoms with Crippen LogP contribution in [0.25, 0.3) is 0 Å². The van der Waals surface area contributed by atoms with E-state index in [9.17, 15) is 4.79 Å². The highest BCUT2D eigenvalue weighted by molar-refractivity contribution is 5.85. The summed E-state index contributed by atoms with van der Waals surface area (Å²) in [7, 11) is 1.58. The second-order valence-corrected chi connectivity index (χ2v) is 3.47. The molecule has 0 amide bonds. The Balaban J connectivity index is 2.15. The van der Waals surface area contributed by atoms with Crippen molar-refractivity contribution in [2.75, 3.05) is 12.4 Å². The normalized spacial score (nSPS) is 9.83. The maximum atomic E-state index is 10.6. The minimum atomic E-state index is -1.10. The van der Waals surface area contributed by atoms with Crippen molar-refractivity contribution in [2.24, 2.45) is 0 Å². The summed E-state index contributed by atoms with van der Waals surface area (Å²) in [5, 5.41) is 19.0. The van der Waals surface area contributed by atoms with Crippen LogP contribution in [0.4, 0.5) is 11.5 Å². The molecule has 0 fully saturated rings. The minimum Gasteiger partial charge on any atom is -0.497 e. The summed E-state index contributed by atoms with van der Waals surface area (Å²) in [6.45, 7) is 0. The lowest BCUT2D eigenvalue weighted by Gasteiger charge is -2.06. The molecular formula is C12H11N3O3. The zero-order valence-corrected chi connectivity index (χ0v) is 9.62. The van der Waals surface area contributed by atoms with Gasteiger partial charge in [0.1, 0.15) is 5.75 Å². The number of aromatic carboxylic acids is 1. The van der Waals surface area contributed by atoms with E-state index in [4.69, 9.17) is 9.84 Å². The van der Waals surface area contributed by atoms with Crippen LogP contribution >= 0.6 is 0 Å². The van der Waals surface area contributed by atoms with Gasteiger partial charge in [0.05, 0.1) is 7.11 Å². The Morgan fingerprint density at radius 3 is 2.72 bits per heavy atom. The number of anilines is 2. The van der Waals surface area contributed by atoms with Crippen molar-refractivity contribution < 1.29 is 14.6 Å². The van der Waals surface area contributed by atoms with Gasteiger partial charge >= 0.3 is 5.97 Å². The lowest BCUT2D eigenvalue weighted by atomic mass is 10.3. The van der Waals surface area contributed by atoms with Crippen LogP contribution in [-0.2, 0) is 0 Å². The fourth-order valence-corrected chi connectivity index (χ4v) is 1.36. The molecule has 0 unspecified atom stereocenters. The van der Waals surface area contributed by atoms with Crippen LogP contribution in [0.2, 0.25) is 0 Å². The van der Waals surface area contributed by atoms with E-state index in [-0.39, 0.29) is 5.69 Å². The maximum absolute atomic E-state index is 10.6. The molecule has 0 aliphatic heterocycles. The largest absolute Gasteiger partial charge is 0.497 e. The molecule has 0 aliphatic carbocycles. The second kappa shape index (κ2) is 5.13. The van der Waals surface area contributed by atoms with Crippen LogP contribution in [0.15, 0.2) is 36.4 Å². The van der Waals surface area contributed by atoms with Crippen molar-refractivity contribution in [2.45, 2.75) is 0 Å². The molecule has 1 aromatic carbocycles. The Bertz CT molecular complexity index is 555. The highest BCUT2D eigenvalue weighted by Crippen LogP contribution is 2.19. The SMILES string of the molecule is COc1cccc(Nc2ccc(C(=O)O)nn2)c1. The number of carboxylic acid groups (broad SMARTS) is 1. The molecule has 2 N–H and O–H groups in total. The van der Waals surface area contributed by atoms with Gasteiger partial charge in [-0.15, -0.1) is 10.2 Å². The Labute approximate surface area is 103 Å². The number of hydrogen-bond donors (Lipinski definition) is 2. The quantitative estimate of drug-likeness (QED) is 0.856. The third-order valence-corrected chi connectivity index (χ3v) is 2.23. The summed E-state index contributed by atoms with van der Waals surface area (Å²) in [5.74, 6) is 0.0822. The standard InChI is InChI=1S/C12H11N3O3/c1-18-9-4-2-3-8(7-9)13-11-6-5-10(12(16)17)14-15-11/h2-7H,1H3,(H,13,15)(H,16,17). The number of nitrogens with one attached hydrogen (secondary N) is 1. The van der Waals surface area contributed by atoms with Gasteiger partial charge in [-0.05, 0) is 24.3 Å². The summed E-state index contributed by atoms with van der Waals surface area (Å²) in [6, 6.07) is 10.2. The zero-order valence-electron chi connectivity index (χ0n) is 9.62. The molecular weight excluding hydrogens is 234 g/mol. The van der Waals surface area contributed by atoms with Crippen molar-refractivity contribution in [3.05, 3.63) is 42.1 Å². The molecule has 0 aliphatic rings. The predicted molar refractivity (Wildman–Crippen MR) is 65.3 cm³/mol. The van der Waals surface area contributed by atoms with Crippen LogP contribution in [0, 0.1) is 0 Å². The first-order valence-electron chi connectivity index (χ1n) is 5.17. The summed E-state index contributed by atoms with van der Waals surface area (Å²) >= 11 is 0. The molecule has 0 spiro atoms. The third kappa shape index (κ3) is 2.73. The molecule has 1 heterocycles. The first kappa shape index (κ1) is 11.8. The van der Waals surface area contributed by atoms with Crippen molar-refractivity contribution in [3.63, 3.8) is 0 Å². The molecule has 2 aromatic rings. The molecule has 2 rings (SSSR count). The van der Waals surface area contributed by atoms with Crippen LogP contribution in [-0.4, -0.2) is 28.4 Å². The molecule has 1 aromatic heterocycles. The first-order valence-corrected chi connectivity index (χ1v) is 5.17. The minimum absolute atomic E-state index is 0.0915. The van der Waals surface area contributed by atoms with E-state index in [0.29, 0.717) is 5.82 Å². The Morgan fingerprint density at radius 1 is 1.28 bits per heavy atom. The molecule has 0 bridgehead atoms. The van der Waals surface area contributed by atoms with Gasteiger partial charge < -0.3 is 15.2 Å². The molecule has 18 heavy (non-hydrogen) atoms. The summed E-state index contributed by atoms with van der Waals surface area (Å²) in [4.78, 5) is 10.6. The van der Waals surface area contributed by atoms with E-state index in [1.807, 2.05) is 18.2 Å². The fourth-order valence-electron chi connectivity index (χ4n) is 1.36. The van der Waals surface area contributed by atoms with Crippen LogP contribution in [0.1, 0.15) is 10.5 Å². The number of benzene rings is 1. The zero-order chi connectivity index (χ0) is 13.0. The predicted octanol–water partition coefficient (Wildman–Crippen LogP) is 1.93. The van der Waals surface area contributed by atoms with Gasteiger partial charge in [-0.2, -0.15) is 0 Å². The molecule has 0 radical (unpaired) electrons. The van der Waals surface area contributed by atoms with Crippen LogP contribution in [0.3, 0.4) is 0 Å². The number of aromatic nitrogens is 2. The monoisotopic (exact) mass is 245 g/mol. The topological polar surface area (TPSA) is 84.3 Å². The average Bonchev–Trinajstić information content (AvgIpc) is 2.39. The molecule has 92 valence electrons. The molecule has 6 nitrogen and oxygen atoms in total. The van der Waals surface area contributed by atoms with Crippen molar-refractivity contribution in [3.8, 4) is 5.75 Å². The molecule has 0 saturated heterocycles. The van der Waals surface area contributed by atoms with Gasteiger partial charge in [-0.1, -0.05) is 6.07 Å². The smallest absolute Gasteiger partial charge is 0.356 e. The van der Waals surface area contributed by atoms with Gasteiger partial charge in [-0.3, -0.25) is 0 Å². The molecule has 6 heteroatoms. The van der Waals surface area contributed by atoms with E-state index in [0.717, 1.165) is 11.4 Å². The van der Waals surface area contributed by atoms with Gasteiger partial charge in [0, 0.05) is 11.8 Å². The number of carboxylic acids is 1. The molecule has 0 saturated carbocycles.